The van der Waals surface area contributed by atoms with Crippen LogP contribution >= 0.6 is 0 Å². The first kappa shape index (κ1) is 32.6. The molecule has 2 aromatic carbocycles. The maximum absolute atomic E-state index is 12.9. The van der Waals surface area contributed by atoms with E-state index in [9.17, 15) is 19.2 Å². The van der Waals surface area contributed by atoms with Gasteiger partial charge in [-0.3, -0.25) is 14.4 Å². The summed E-state index contributed by atoms with van der Waals surface area (Å²) in [6.07, 6.45) is 7.16. The van der Waals surface area contributed by atoms with E-state index in [4.69, 9.17) is 14.3 Å². The topological polar surface area (TPSA) is 132 Å². The molecule has 1 aliphatic carbocycles. The summed E-state index contributed by atoms with van der Waals surface area (Å²) in [5, 5.41) is 5.55. The molecule has 10 heteroatoms. The average molecular weight is 582 g/mol. The van der Waals surface area contributed by atoms with Crippen molar-refractivity contribution in [2.75, 3.05) is 11.9 Å². The molecule has 0 aromatic heterocycles. The molecule has 2 aromatic rings. The largest absolute Gasteiger partial charge is 0.461 e. The highest BCUT2D eigenvalue weighted by Gasteiger charge is 2.27. The number of ether oxygens (including phenoxy) is 2. The minimum Gasteiger partial charge on any atom is -0.461 e. The van der Waals surface area contributed by atoms with Crippen LogP contribution in [0.2, 0.25) is 0 Å². The Morgan fingerprint density at radius 1 is 0.857 bits per heavy atom. The predicted octanol–water partition coefficient (Wildman–Crippen LogP) is 5.36. The fourth-order valence-electron chi connectivity index (χ4n) is 4.72. The molecular formula is C32H43N3O7. The molecule has 0 unspecified atom stereocenters. The van der Waals surface area contributed by atoms with Crippen LogP contribution in [0.4, 0.5) is 10.5 Å². The summed E-state index contributed by atoms with van der Waals surface area (Å²) in [7, 11) is 0. The smallest absolute Gasteiger partial charge is 0.408 e. The van der Waals surface area contributed by atoms with Crippen molar-refractivity contribution >= 4 is 29.6 Å². The Morgan fingerprint density at radius 2 is 1.55 bits per heavy atom. The first-order chi connectivity index (χ1) is 20.4. The Labute approximate surface area is 247 Å². The van der Waals surface area contributed by atoms with Gasteiger partial charge in [-0.25, -0.2) is 15.1 Å². The molecule has 3 N–H and O–H groups in total. The van der Waals surface area contributed by atoms with Crippen molar-refractivity contribution in [3.63, 3.8) is 0 Å². The summed E-state index contributed by atoms with van der Waals surface area (Å²) >= 11 is 0. The van der Waals surface area contributed by atoms with E-state index in [0.29, 0.717) is 37.1 Å². The molecule has 0 heterocycles. The van der Waals surface area contributed by atoms with E-state index in [0.717, 1.165) is 56.9 Å². The van der Waals surface area contributed by atoms with Gasteiger partial charge in [-0.1, -0.05) is 55.3 Å². The first-order valence-electron chi connectivity index (χ1n) is 14.9. The van der Waals surface area contributed by atoms with Gasteiger partial charge in [0.1, 0.15) is 18.8 Å². The van der Waals surface area contributed by atoms with E-state index in [-0.39, 0.29) is 24.5 Å². The number of unbranched alkanes of at least 4 members (excludes halogenated alkanes) is 3. The standard InChI is InChI=1S/C32H43N3O7/c1-2-41-35-30(37)20-9-4-3-8-19-29(36)33-26-16-12-15-25(21-26)23-40-32(39)34-28(22-24-13-6-5-7-14-24)31(38)42-27-17-10-11-18-27/h5-7,12-16,21,27-28H,2-4,8-11,17-20,22-23H2,1H3,(H,33,36)(H,34,39)(H,35,37)/t28-/m0/s1. The summed E-state index contributed by atoms with van der Waals surface area (Å²) in [5.74, 6) is -0.700. The zero-order valence-electron chi connectivity index (χ0n) is 24.4. The van der Waals surface area contributed by atoms with Crippen LogP contribution < -0.4 is 16.1 Å². The zero-order chi connectivity index (χ0) is 30.0. The quantitative estimate of drug-likeness (QED) is 0.130. The third-order valence-corrected chi connectivity index (χ3v) is 6.91. The summed E-state index contributed by atoms with van der Waals surface area (Å²) in [5.41, 5.74) is 4.57. The molecule has 1 saturated carbocycles. The number of esters is 1. The van der Waals surface area contributed by atoms with Gasteiger partial charge in [0.15, 0.2) is 0 Å². The molecule has 3 rings (SSSR count). The molecule has 0 bridgehead atoms. The lowest BCUT2D eigenvalue weighted by molar-refractivity contribution is -0.151. The van der Waals surface area contributed by atoms with E-state index in [1.807, 2.05) is 30.3 Å². The highest BCUT2D eigenvalue weighted by molar-refractivity contribution is 5.90. The van der Waals surface area contributed by atoms with Gasteiger partial charge < -0.3 is 20.1 Å². The van der Waals surface area contributed by atoms with Crippen LogP contribution in [0.3, 0.4) is 0 Å². The molecule has 1 fully saturated rings. The minimum absolute atomic E-state index is 0.0256. The van der Waals surface area contributed by atoms with E-state index in [2.05, 4.69) is 16.1 Å². The van der Waals surface area contributed by atoms with Gasteiger partial charge in [-0.05, 0) is 68.7 Å². The summed E-state index contributed by atoms with van der Waals surface area (Å²) in [4.78, 5) is 54.3. The Hall–Kier alpha value is -3.92. The van der Waals surface area contributed by atoms with E-state index in [1.54, 1.807) is 31.2 Å². The van der Waals surface area contributed by atoms with Crippen molar-refractivity contribution in [2.24, 2.45) is 0 Å². The van der Waals surface area contributed by atoms with Crippen LogP contribution in [0, 0.1) is 0 Å². The molecular weight excluding hydrogens is 538 g/mol. The number of hydrogen-bond acceptors (Lipinski definition) is 7. The number of carbonyl (C=O) groups excluding carboxylic acids is 4. The molecule has 1 aliphatic rings. The fourth-order valence-corrected chi connectivity index (χ4v) is 4.72. The van der Waals surface area contributed by atoms with Gasteiger partial charge in [0.05, 0.1) is 6.61 Å². The van der Waals surface area contributed by atoms with Gasteiger partial charge in [0.2, 0.25) is 11.8 Å². The van der Waals surface area contributed by atoms with Gasteiger partial charge in [0.25, 0.3) is 0 Å². The van der Waals surface area contributed by atoms with E-state index >= 15 is 0 Å². The van der Waals surface area contributed by atoms with Crippen LogP contribution in [0.15, 0.2) is 54.6 Å². The summed E-state index contributed by atoms with van der Waals surface area (Å²) in [6, 6.07) is 15.7. The maximum Gasteiger partial charge on any atom is 0.408 e. The average Bonchev–Trinajstić information content (AvgIpc) is 3.50. The number of alkyl carbamates (subject to hydrolysis) is 1. The van der Waals surface area contributed by atoms with Crippen molar-refractivity contribution in [3.05, 3.63) is 65.7 Å². The third-order valence-electron chi connectivity index (χ3n) is 6.91. The second-order valence-corrected chi connectivity index (χ2v) is 10.4. The lowest BCUT2D eigenvalue weighted by Crippen LogP contribution is -2.44. The Bertz CT molecular complexity index is 1140. The lowest BCUT2D eigenvalue weighted by atomic mass is 10.1. The number of anilines is 1. The molecule has 0 saturated heterocycles. The van der Waals surface area contributed by atoms with Crippen LogP contribution in [-0.2, 0) is 41.7 Å². The molecule has 3 amide bonds. The normalized spacial score (nSPS) is 13.6. The monoisotopic (exact) mass is 581 g/mol. The molecule has 0 spiro atoms. The SMILES string of the molecule is CCONC(=O)CCCCCCC(=O)Nc1cccc(COC(=O)N[C@@H](Cc2ccccc2)C(=O)OC2CCCC2)c1. The van der Waals surface area contributed by atoms with Crippen molar-refractivity contribution in [3.8, 4) is 0 Å². The third kappa shape index (κ3) is 12.7. The number of amides is 3. The predicted molar refractivity (Wildman–Crippen MR) is 158 cm³/mol. The van der Waals surface area contributed by atoms with E-state index in [1.165, 1.54) is 0 Å². The van der Waals surface area contributed by atoms with E-state index < -0.39 is 18.1 Å². The summed E-state index contributed by atoms with van der Waals surface area (Å²) < 4.78 is 11.1. The van der Waals surface area contributed by atoms with Crippen LogP contribution in [0.5, 0.6) is 0 Å². The number of nitrogens with one attached hydrogen (secondary N) is 3. The molecule has 1 atom stereocenters. The molecule has 0 radical (unpaired) electrons. The van der Waals surface area contributed by atoms with Gasteiger partial charge in [-0.2, -0.15) is 0 Å². The molecule has 42 heavy (non-hydrogen) atoms. The molecule has 228 valence electrons. The lowest BCUT2D eigenvalue weighted by Gasteiger charge is -2.20. The van der Waals surface area contributed by atoms with Crippen molar-refractivity contribution in [1.29, 1.82) is 0 Å². The second kappa shape index (κ2) is 18.5. The second-order valence-electron chi connectivity index (χ2n) is 10.4. The first-order valence-corrected chi connectivity index (χ1v) is 14.9. The van der Waals surface area contributed by atoms with Crippen LogP contribution in [0.25, 0.3) is 0 Å². The number of hydrogen-bond donors (Lipinski definition) is 3. The minimum atomic E-state index is -0.863. The maximum atomic E-state index is 12.9. The van der Waals surface area contributed by atoms with Gasteiger partial charge >= 0.3 is 12.1 Å². The van der Waals surface area contributed by atoms with Gasteiger partial charge in [0, 0.05) is 24.9 Å². The molecule has 0 aliphatic heterocycles. The zero-order valence-corrected chi connectivity index (χ0v) is 24.4. The van der Waals surface area contributed by atoms with Crippen molar-refractivity contribution in [2.45, 2.75) is 96.3 Å². The molecule has 10 nitrogen and oxygen atoms in total. The van der Waals surface area contributed by atoms with Crippen LogP contribution in [-0.4, -0.2) is 42.6 Å². The number of benzene rings is 2. The Morgan fingerprint density at radius 3 is 2.26 bits per heavy atom. The highest BCUT2D eigenvalue weighted by atomic mass is 16.6. The van der Waals surface area contributed by atoms with Crippen LogP contribution in [0.1, 0.15) is 82.3 Å². The fraction of sp³-hybridized carbons (Fsp3) is 0.500. The Balaban J connectivity index is 1.40. The number of hydroxylamine groups is 1. The number of carbonyl (C=O) groups is 4. The summed E-state index contributed by atoms with van der Waals surface area (Å²) in [6.45, 7) is 2.21. The Kier molecular flexibility index (Phi) is 14.4. The highest BCUT2D eigenvalue weighted by Crippen LogP contribution is 2.22. The van der Waals surface area contributed by atoms with Crippen molar-refractivity contribution < 1.29 is 33.5 Å². The van der Waals surface area contributed by atoms with Gasteiger partial charge in [-0.15, -0.1) is 0 Å². The van der Waals surface area contributed by atoms with Crippen molar-refractivity contribution in [1.82, 2.24) is 10.8 Å². The number of rotatable bonds is 17.